The van der Waals surface area contributed by atoms with Crippen LogP contribution in [0, 0.1) is 0 Å². The number of amides is 6. The molecule has 4 aromatic carbocycles. The molecule has 4 fully saturated rings. The van der Waals surface area contributed by atoms with Crippen molar-refractivity contribution < 1.29 is 77.2 Å². The van der Waals surface area contributed by atoms with Crippen molar-refractivity contribution in [3.05, 3.63) is 135 Å². The third-order valence-corrected chi connectivity index (χ3v) is 17.6. The number of hydrogen-bond acceptors (Lipinski definition) is 17. The lowest BCUT2D eigenvalue weighted by Gasteiger charge is -2.40. The lowest BCUT2D eigenvalue weighted by molar-refractivity contribution is -0.0118. The maximum absolute atomic E-state index is 13.5. The van der Waals surface area contributed by atoms with E-state index in [1.807, 2.05) is 48.0 Å². The minimum atomic E-state index is -1.12. The molecule has 1 aromatic heterocycles. The van der Waals surface area contributed by atoms with Gasteiger partial charge < -0.3 is 68.9 Å². The third kappa shape index (κ3) is 16.0. The SMILES string of the molecule is CCOc1cc(C(=O)N2C3CCC2COC3)ccc1C(=O)NC[C@@H](O)[C@@H]1Cc2ccc(O)cc2CN1C(=O)OC(C)(C)C.CCOc1cc(C(=O)N2C3CCC2COC3)ccc1C(=O)NC[C@@H](O)[C@@H]1Cc2ccc(OCc3ccnn3C)cc2CN1C(=O)OC(C)(C)C. The molecule has 4 saturated heterocycles. The Morgan fingerprint density at radius 1 is 0.581 bits per heavy atom. The van der Waals surface area contributed by atoms with Gasteiger partial charge in [0.1, 0.15) is 40.8 Å². The van der Waals surface area contributed by atoms with Crippen LogP contribution in [0.2, 0.25) is 0 Å². The molecule has 0 spiro atoms. The molecule has 4 unspecified atom stereocenters. The van der Waals surface area contributed by atoms with Crippen LogP contribution in [0.25, 0.3) is 0 Å². The lowest BCUT2D eigenvalue weighted by atomic mass is 9.91. The van der Waals surface area contributed by atoms with Crippen LogP contribution in [0.5, 0.6) is 23.0 Å². The van der Waals surface area contributed by atoms with E-state index in [0.717, 1.165) is 53.6 Å². The molecule has 6 aliphatic heterocycles. The van der Waals surface area contributed by atoms with Crippen LogP contribution in [0.15, 0.2) is 85.1 Å². The second-order valence-electron chi connectivity index (χ2n) is 26.5. The predicted octanol–water partition coefficient (Wildman–Crippen LogP) is 7.10. The zero-order valence-corrected chi connectivity index (χ0v) is 54.6. The summed E-state index contributed by atoms with van der Waals surface area (Å²) in [7, 11) is 1.85. The predicted molar refractivity (Wildman–Crippen MR) is 340 cm³/mol. The van der Waals surface area contributed by atoms with Gasteiger partial charge in [0.25, 0.3) is 23.6 Å². The van der Waals surface area contributed by atoms with E-state index in [1.165, 1.54) is 9.80 Å². The molecule has 24 nitrogen and oxygen atoms in total. The minimum absolute atomic E-state index is 0.0564. The number of ether oxygens (including phenoxy) is 7. The highest BCUT2D eigenvalue weighted by molar-refractivity contribution is 6.01. The fraction of sp³-hybridized carbons (Fsp3) is 0.522. The van der Waals surface area contributed by atoms with Gasteiger partial charge in [0.05, 0.1) is 105 Å². The van der Waals surface area contributed by atoms with Crippen LogP contribution in [0.4, 0.5) is 9.59 Å². The second kappa shape index (κ2) is 28.8. The first kappa shape index (κ1) is 67.4. The van der Waals surface area contributed by atoms with E-state index >= 15 is 0 Å². The highest BCUT2D eigenvalue weighted by atomic mass is 16.6. The Balaban J connectivity index is 0.000000206. The van der Waals surface area contributed by atoms with E-state index in [1.54, 1.807) is 114 Å². The van der Waals surface area contributed by atoms with Gasteiger partial charge in [-0.2, -0.15) is 5.10 Å². The van der Waals surface area contributed by atoms with Gasteiger partial charge in [-0.1, -0.05) is 12.1 Å². The van der Waals surface area contributed by atoms with E-state index in [0.29, 0.717) is 76.0 Å². The maximum Gasteiger partial charge on any atom is 0.410 e. The van der Waals surface area contributed by atoms with E-state index < -0.39 is 59.5 Å². The molecule has 6 amide bonds. The second-order valence-corrected chi connectivity index (χ2v) is 26.5. The van der Waals surface area contributed by atoms with Crippen molar-refractivity contribution >= 4 is 35.8 Å². The molecular weight excluding hydrogens is 1200 g/mol. The molecule has 0 aliphatic carbocycles. The van der Waals surface area contributed by atoms with E-state index in [-0.39, 0.29) is 90.5 Å². The van der Waals surface area contributed by atoms with Gasteiger partial charge in [-0.3, -0.25) is 33.7 Å². The van der Waals surface area contributed by atoms with Crippen LogP contribution >= 0.6 is 0 Å². The first-order chi connectivity index (χ1) is 44.4. The molecule has 93 heavy (non-hydrogen) atoms. The molecular formula is C69H88N8O16. The smallest absolute Gasteiger partial charge is 0.410 e. The highest BCUT2D eigenvalue weighted by Gasteiger charge is 2.44. The summed E-state index contributed by atoms with van der Waals surface area (Å²) in [4.78, 5) is 87.0. The molecule has 8 atom stereocenters. The summed E-state index contributed by atoms with van der Waals surface area (Å²) in [6.45, 7) is 17.4. The molecule has 0 saturated carbocycles. The van der Waals surface area contributed by atoms with Gasteiger partial charge >= 0.3 is 12.2 Å². The number of benzene rings is 4. The molecule has 7 heterocycles. The highest BCUT2D eigenvalue weighted by Crippen LogP contribution is 2.36. The number of hydrogen-bond donors (Lipinski definition) is 5. The lowest BCUT2D eigenvalue weighted by Crippen LogP contribution is -2.54. The number of phenols is 1. The monoisotopic (exact) mass is 1280 g/mol. The number of aliphatic hydroxyl groups excluding tert-OH is 2. The van der Waals surface area contributed by atoms with Crippen molar-refractivity contribution in [1.82, 2.24) is 40.0 Å². The molecule has 5 aromatic rings. The molecule has 500 valence electrons. The zero-order chi connectivity index (χ0) is 66.5. The van der Waals surface area contributed by atoms with Gasteiger partial charge in [0, 0.05) is 50.6 Å². The largest absolute Gasteiger partial charge is 0.508 e. The van der Waals surface area contributed by atoms with Crippen LogP contribution < -0.4 is 24.8 Å². The molecule has 4 bridgehead atoms. The molecule has 11 rings (SSSR count). The first-order valence-electron chi connectivity index (χ1n) is 32.1. The third-order valence-electron chi connectivity index (χ3n) is 17.6. The number of fused-ring (bicyclic) bond motifs is 6. The molecule has 6 aliphatic rings. The van der Waals surface area contributed by atoms with Gasteiger partial charge in [0.15, 0.2) is 0 Å². The summed E-state index contributed by atoms with van der Waals surface area (Å²) in [5.74, 6) is 0.159. The Labute approximate surface area is 542 Å². The number of phenolic OH excluding ortho intramolecular Hbond substituents is 1. The summed E-state index contributed by atoms with van der Waals surface area (Å²) < 4.78 is 41.9. The Hall–Kier alpha value is -8.45. The normalized spacial score (nSPS) is 21.2. The Morgan fingerprint density at radius 3 is 1.44 bits per heavy atom. The van der Waals surface area contributed by atoms with E-state index in [4.69, 9.17) is 33.2 Å². The van der Waals surface area contributed by atoms with Gasteiger partial charge in [0.2, 0.25) is 0 Å². The zero-order valence-electron chi connectivity index (χ0n) is 54.6. The summed E-state index contributed by atoms with van der Waals surface area (Å²) >= 11 is 0. The topological polar surface area (TPSA) is 283 Å². The number of aliphatic hydroxyl groups is 2. The van der Waals surface area contributed by atoms with Crippen molar-refractivity contribution in [2.75, 3.05) is 52.7 Å². The standard InChI is InChI=1S/C37H47N5O8.C32H41N3O8/c1-6-48-33-17-24(35(45)42-27-9-10-28(42)21-47-20-27)8-12-30(33)34(44)38-18-32(43)31-16-23-7-11-29(49-22-26-13-14-39-40(26)5)15-25(23)19-41(31)36(46)50-37(2,3)4;1-5-42-28-14-20(30(39)35-22-8-9-23(35)18-41-17-22)7-11-25(28)29(38)33-15-27(37)26-13-19-6-10-24(36)12-21(19)16-34(26)31(40)43-32(2,3)4/h7-8,11-15,17,27-28,31-32,43H,6,9-10,16,18-22H2,1-5H3,(H,38,44);6-7,10-12,14,22-23,26-27,36-37H,5,8-9,13,15-18H2,1-4H3,(H,33,38)/t27?,28?,31-,32+;22?,23?,26-,27+/m00/s1. The van der Waals surface area contributed by atoms with Crippen LogP contribution in [-0.2, 0) is 58.5 Å². The number of aromatic nitrogens is 2. The fourth-order valence-corrected chi connectivity index (χ4v) is 13.0. The van der Waals surface area contributed by atoms with Crippen LogP contribution in [-0.4, -0.2) is 193 Å². The molecule has 5 N–H and O–H groups in total. The van der Waals surface area contributed by atoms with Gasteiger partial charge in [-0.25, -0.2) is 9.59 Å². The number of morpholine rings is 2. The van der Waals surface area contributed by atoms with Crippen LogP contribution in [0.1, 0.15) is 150 Å². The number of carbonyl (C=O) groups excluding carboxylic acids is 6. The summed E-state index contributed by atoms with van der Waals surface area (Å²) in [6, 6.07) is 21.1. The Morgan fingerprint density at radius 2 is 1.02 bits per heavy atom. The molecule has 0 radical (unpaired) electrons. The minimum Gasteiger partial charge on any atom is -0.508 e. The fourth-order valence-electron chi connectivity index (χ4n) is 13.0. The van der Waals surface area contributed by atoms with Gasteiger partial charge in [-0.05, 0) is 183 Å². The number of rotatable bonds is 17. The van der Waals surface area contributed by atoms with Crippen molar-refractivity contribution in [3.63, 3.8) is 0 Å². The first-order valence-corrected chi connectivity index (χ1v) is 32.1. The number of carbonyl (C=O) groups is 6. The number of nitrogens with zero attached hydrogens (tertiary/aromatic N) is 6. The number of nitrogens with one attached hydrogen (secondary N) is 2. The average Bonchev–Trinajstić information content (AvgIpc) is 1.61. The van der Waals surface area contributed by atoms with Crippen molar-refractivity contribution in [3.8, 4) is 23.0 Å². The summed E-state index contributed by atoms with van der Waals surface area (Å²) in [6.07, 6.45) is 2.64. The quantitative estimate of drug-likeness (QED) is 0.0620. The Bertz CT molecular complexity index is 3510. The van der Waals surface area contributed by atoms with Crippen molar-refractivity contribution in [1.29, 1.82) is 0 Å². The summed E-state index contributed by atoms with van der Waals surface area (Å²) in [5.41, 5.74) is 4.29. The number of aromatic hydroxyl groups is 1. The Kier molecular flexibility index (Phi) is 20.9. The number of aryl methyl sites for hydroxylation is 1. The maximum atomic E-state index is 13.5. The van der Waals surface area contributed by atoms with Crippen LogP contribution in [0.3, 0.4) is 0 Å². The molecule has 24 heteroatoms. The van der Waals surface area contributed by atoms with E-state index in [2.05, 4.69) is 15.7 Å². The van der Waals surface area contributed by atoms with Crippen molar-refractivity contribution in [2.45, 2.75) is 173 Å². The van der Waals surface area contributed by atoms with Gasteiger partial charge in [-0.15, -0.1) is 0 Å². The summed E-state index contributed by atoms with van der Waals surface area (Å²) in [5, 5.41) is 42.5. The van der Waals surface area contributed by atoms with Crippen molar-refractivity contribution in [2.24, 2.45) is 7.05 Å². The van der Waals surface area contributed by atoms with E-state index in [9.17, 15) is 44.1 Å². The average molecular weight is 1290 g/mol.